The van der Waals surface area contributed by atoms with Gasteiger partial charge in [-0.05, 0) is 32.4 Å². The number of hydrogen-bond acceptors (Lipinski definition) is 5. The van der Waals surface area contributed by atoms with Gasteiger partial charge in [-0.3, -0.25) is 0 Å². The highest BCUT2D eigenvalue weighted by Crippen LogP contribution is 2.39. The molecule has 0 amide bonds. The fourth-order valence-corrected chi connectivity index (χ4v) is 2.76. The molecule has 1 atom stereocenters. The Kier molecular flexibility index (Phi) is 8.45. The number of guanidine groups is 1. The van der Waals surface area contributed by atoms with Crippen LogP contribution in [0.5, 0.6) is 23.0 Å². The summed E-state index contributed by atoms with van der Waals surface area (Å²) in [7, 11) is 4.75. The Hall–Kier alpha value is -3.09. The van der Waals surface area contributed by atoms with Crippen molar-refractivity contribution in [3.63, 3.8) is 0 Å². The van der Waals surface area contributed by atoms with E-state index in [1.165, 1.54) is 0 Å². The second-order valence-electron chi connectivity index (χ2n) is 6.45. The van der Waals surface area contributed by atoms with E-state index in [9.17, 15) is 0 Å². The number of nitrogens with one attached hydrogen (secondary N) is 2. The number of aryl methyl sites for hydroxylation is 1. The van der Waals surface area contributed by atoms with E-state index < -0.39 is 0 Å². The molecule has 158 valence electrons. The molecule has 0 fully saturated rings. The van der Waals surface area contributed by atoms with Gasteiger partial charge in [-0.25, -0.2) is 4.99 Å². The Labute approximate surface area is 173 Å². The van der Waals surface area contributed by atoms with Crippen molar-refractivity contribution in [3.8, 4) is 23.0 Å². The molecule has 7 nitrogen and oxygen atoms in total. The molecule has 0 bridgehead atoms. The van der Waals surface area contributed by atoms with Crippen molar-refractivity contribution in [2.75, 3.05) is 39.7 Å². The van der Waals surface area contributed by atoms with Gasteiger partial charge in [-0.2, -0.15) is 0 Å². The summed E-state index contributed by atoms with van der Waals surface area (Å²) in [4.78, 5) is 4.64. The van der Waals surface area contributed by atoms with E-state index >= 15 is 0 Å². The summed E-state index contributed by atoms with van der Waals surface area (Å²) in [5, 5.41) is 6.51. The second-order valence-corrected chi connectivity index (χ2v) is 6.45. The van der Waals surface area contributed by atoms with Crippen LogP contribution in [0.2, 0.25) is 0 Å². The van der Waals surface area contributed by atoms with Crippen LogP contribution < -0.4 is 29.6 Å². The maximum absolute atomic E-state index is 6.01. The summed E-state index contributed by atoms with van der Waals surface area (Å²) >= 11 is 0. The highest BCUT2D eigenvalue weighted by atomic mass is 16.5. The molecule has 0 aromatic heterocycles. The number of benzene rings is 2. The van der Waals surface area contributed by atoms with Crippen molar-refractivity contribution in [2.24, 2.45) is 4.99 Å². The Bertz CT molecular complexity index is 798. The predicted octanol–water partition coefficient (Wildman–Crippen LogP) is 3.87. The van der Waals surface area contributed by atoms with Gasteiger partial charge in [0.1, 0.15) is 11.9 Å². The van der Waals surface area contributed by atoms with Crippen molar-refractivity contribution in [3.05, 3.63) is 42.0 Å². The van der Waals surface area contributed by atoms with Crippen LogP contribution in [-0.2, 0) is 0 Å². The van der Waals surface area contributed by atoms with Crippen LogP contribution in [0.1, 0.15) is 19.4 Å². The van der Waals surface area contributed by atoms with Gasteiger partial charge in [0, 0.05) is 24.4 Å². The van der Waals surface area contributed by atoms with Crippen LogP contribution in [0.25, 0.3) is 0 Å². The first-order valence-electron chi connectivity index (χ1n) is 9.60. The predicted molar refractivity (Wildman–Crippen MR) is 117 cm³/mol. The third kappa shape index (κ3) is 6.20. The zero-order valence-electron chi connectivity index (χ0n) is 18.0. The summed E-state index contributed by atoms with van der Waals surface area (Å²) in [5.74, 6) is 3.20. The number of anilines is 1. The fraction of sp³-hybridized carbons (Fsp3) is 0.409. The average Bonchev–Trinajstić information content (AvgIpc) is 2.73. The van der Waals surface area contributed by atoms with Crippen LogP contribution in [0, 0.1) is 6.92 Å². The van der Waals surface area contributed by atoms with Crippen LogP contribution >= 0.6 is 0 Å². The van der Waals surface area contributed by atoms with Crippen LogP contribution in [-0.4, -0.2) is 46.5 Å². The van der Waals surface area contributed by atoms with Gasteiger partial charge in [0.2, 0.25) is 5.75 Å². The quantitative estimate of drug-likeness (QED) is 0.491. The summed E-state index contributed by atoms with van der Waals surface area (Å²) in [6, 6.07) is 11.6. The van der Waals surface area contributed by atoms with Crippen molar-refractivity contribution < 1.29 is 18.9 Å². The third-order valence-electron chi connectivity index (χ3n) is 4.20. The molecule has 7 heteroatoms. The molecule has 0 heterocycles. The van der Waals surface area contributed by atoms with Crippen molar-refractivity contribution in [1.82, 2.24) is 5.32 Å². The number of ether oxygens (including phenoxy) is 4. The molecule has 2 aromatic carbocycles. The van der Waals surface area contributed by atoms with Gasteiger partial charge < -0.3 is 29.6 Å². The van der Waals surface area contributed by atoms with Gasteiger partial charge in [0.05, 0.1) is 27.9 Å². The maximum atomic E-state index is 6.01. The Balaban J connectivity index is 2.13. The lowest BCUT2D eigenvalue weighted by Gasteiger charge is -2.18. The highest BCUT2D eigenvalue weighted by molar-refractivity contribution is 5.94. The zero-order chi connectivity index (χ0) is 21.2. The summed E-state index contributed by atoms with van der Waals surface area (Å²) in [6.45, 7) is 7.26. The van der Waals surface area contributed by atoms with E-state index in [0.717, 1.165) is 23.5 Å². The SMILES string of the molecule is CCNC(=NCC(C)Oc1ccccc1C)Nc1cc(OC)c(OC)c(OC)c1. The Morgan fingerprint density at radius 2 is 1.66 bits per heavy atom. The smallest absolute Gasteiger partial charge is 0.203 e. The number of rotatable bonds is 9. The van der Waals surface area contributed by atoms with Crippen LogP contribution in [0.3, 0.4) is 0 Å². The molecule has 0 aliphatic rings. The highest BCUT2D eigenvalue weighted by Gasteiger charge is 2.14. The topological polar surface area (TPSA) is 73.3 Å². The molecule has 0 aliphatic heterocycles. The normalized spacial score (nSPS) is 12.1. The summed E-state index contributed by atoms with van der Waals surface area (Å²) < 4.78 is 22.2. The molecule has 1 unspecified atom stereocenters. The number of methoxy groups -OCH3 is 3. The van der Waals surface area contributed by atoms with Gasteiger partial charge in [-0.1, -0.05) is 18.2 Å². The number of hydrogen-bond donors (Lipinski definition) is 2. The molecular formula is C22H31N3O4. The first-order chi connectivity index (χ1) is 14.0. The molecule has 29 heavy (non-hydrogen) atoms. The molecule has 0 saturated heterocycles. The Morgan fingerprint density at radius 1 is 1.00 bits per heavy atom. The van der Waals surface area contributed by atoms with Crippen molar-refractivity contribution in [2.45, 2.75) is 26.9 Å². The molecular weight excluding hydrogens is 370 g/mol. The van der Waals surface area contributed by atoms with Crippen LogP contribution in [0.15, 0.2) is 41.4 Å². The molecule has 0 aliphatic carbocycles. The molecule has 0 spiro atoms. The van der Waals surface area contributed by atoms with E-state index in [1.807, 2.05) is 57.2 Å². The van der Waals surface area contributed by atoms with Gasteiger partial charge in [-0.15, -0.1) is 0 Å². The van der Waals surface area contributed by atoms with E-state index in [0.29, 0.717) is 29.8 Å². The lowest BCUT2D eigenvalue weighted by atomic mass is 10.2. The molecule has 2 N–H and O–H groups in total. The number of aliphatic imine (C=N–C) groups is 1. The van der Waals surface area contributed by atoms with Gasteiger partial charge in [0.25, 0.3) is 0 Å². The third-order valence-corrected chi connectivity index (χ3v) is 4.20. The lowest BCUT2D eigenvalue weighted by molar-refractivity contribution is 0.229. The average molecular weight is 402 g/mol. The lowest BCUT2D eigenvalue weighted by Crippen LogP contribution is -2.32. The van der Waals surface area contributed by atoms with Gasteiger partial charge in [0.15, 0.2) is 17.5 Å². The summed E-state index contributed by atoms with van der Waals surface area (Å²) in [5.41, 5.74) is 1.87. The molecule has 2 rings (SSSR count). The van der Waals surface area contributed by atoms with E-state index in [2.05, 4.69) is 15.6 Å². The molecule has 0 radical (unpaired) electrons. The molecule has 0 saturated carbocycles. The number of nitrogens with zero attached hydrogens (tertiary/aromatic N) is 1. The molecule has 2 aromatic rings. The Morgan fingerprint density at radius 3 is 2.21 bits per heavy atom. The largest absolute Gasteiger partial charge is 0.493 e. The zero-order valence-corrected chi connectivity index (χ0v) is 18.0. The van der Waals surface area contributed by atoms with Gasteiger partial charge >= 0.3 is 0 Å². The van der Waals surface area contributed by atoms with Crippen LogP contribution in [0.4, 0.5) is 5.69 Å². The fourth-order valence-electron chi connectivity index (χ4n) is 2.76. The second kappa shape index (κ2) is 11.0. The van der Waals surface area contributed by atoms with E-state index in [4.69, 9.17) is 18.9 Å². The number of para-hydroxylation sites is 1. The minimum absolute atomic E-state index is 0.0773. The minimum atomic E-state index is -0.0773. The maximum Gasteiger partial charge on any atom is 0.203 e. The van der Waals surface area contributed by atoms with E-state index in [-0.39, 0.29) is 6.10 Å². The monoisotopic (exact) mass is 401 g/mol. The first-order valence-corrected chi connectivity index (χ1v) is 9.60. The first kappa shape index (κ1) is 22.2. The van der Waals surface area contributed by atoms with Crippen molar-refractivity contribution >= 4 is 11.6 Å². The van der Waals surface area contributed by atoms with E-state index in [1.54, 1.807) is 21.3 Å². The van der Waals surface area contributed by atoms with Crippen molar-refractivity contribution in [1.29, 1.82) is 0 Å². The standard InChI is InChI=1S/C22H31N3O4/c1-7-23-22(24-14-16(3)29-18-11-9-8-10-15(18)2)25-17-12-19(26-4)21(28-6)20(13-17)27-5/h8-13,16H,7,14H2,1-6H3,(H2,23,24,25). The summed E-state index contributed by atoms with van der Waals surface area (Å²) in [6.07, 6.45) is -0.0773. The minimum Gasteiger partial charge on any atom is -0.493 e.